The van der Waals surface area contributed by atoms with E-state index in [0.717, 1.165) is 28.9 Å². The topological polar surface area (TPSA) is 33.7 Å². The van der Waals surface area contributed by atoms with Crippen molar-refractivity contribution < 1.29 is 27.0 Å². The number of nitrogens with zero attached hydrogens (tertiary/aromatic N) is 1. The summed E-state index contributed by atoms with van der Waals surface area (Å²) in [6, 6.07) is 26.8. The van der Waals surface area contributed by atoms with Crippen molar-refractivity contribution in [3.8, 4) is 11.5 Å². The summed E-state index contributed by atoms with van der Waals surface area (Å²) < 4.78 is 63.7. The lowest BCUT2D eigenvalue weighted by Crippen LogP contribution is -2.32. The lowest BCUT2D eigenvalue weighted by molar-refractivity contribution is -0.137. The fraction of sp³-hybridized carbons (Fsp3) is 0.212. The van der Waals surface area contributed by atoms with Gasteiger partial charge in [-0.1, -0.05) is 49.0 Å². The fourth-order valence-electron chi connectivity index (χ4n) is 4.60. The number of nitrogens with one attached hydrogen (secondary N) is 1. The van der Waals surface area contributed by atoms with E-state index in [9.17, 15) is 17.6 Å². The average Bonchev–Trinajstić information content (AvgIpc) is 2.98. The van der Waals surface area contributed by atoms with Gasteiger partial charge >= 0.3 is 6.18 Å². The molecule has 4 aromatic carbocycles. The van der Waals surface area contributed by atoms with E-state index in [0.29, 0.717) is 42.4 Å². The molecule has 0 saturated carbocycles. The van der Waals surface area contributed by atoms with Crippen molar-refractivity contribution in [1.82, 2.24) is 0 Å². The van der Waals surface area contributed by atoms with Gasteiger partial charge in [0.15, 0.2) is 11.5 Å². The maximum absolute atomic E-state index is 13.5. The summed E-state index contributed by atoms with van der Waals surface area (Å²) in [4.78, 5) is 2.15. The summed E-state index contributed by atoms with van der Waals surface area (Å²) >= 11 is 0. The molecule has 1 unspecified atom stereocenters. The van der Waals surface area contributed by atoms with E-state index in [1.165, 1.54) is 24.3 Å². The highest BCUT2D eigenvalue weighted by Gasteiger charge is 2.30. The molecule has 1 atom stereocenters. The van der Waals surface area contributed by atoms with Gasteiger partial charge in [0.25, 0.3) is 0 Å². The second-order valence-corrected chi connectivity index (χ2v) is 9.55. The van der Waals surface area contributed by atoms with Crippen molar-refractivity contribution in [2.75, 3.05) is 37.5 Å². The van der Waals surface area contributed by atoms with Gasteiger partial charge in [-0.15, -0.1) is 0 Å². The second kappa shape index (κ2) is 13.3. The maximum atomic E-state index is 13.5. The quantitative estimate of drug-likeness (QED) is 0.176. The maximum Gasteiger partial charge on any atom is 0.416 e. The molecule has 0 aliphatic heterocycles. The van der Waals surface area contributed by atoms with E-state index < -0.39 is 11.7 Å². The Hall–Kier alpha value is -4.46. The van der Waals surface area contributed by atoms with Gasteiger partial charge in [0.2, 0.25) is 0 Å². The largest absolute Gasteiger partial charge is 0.493 e. The molecular formula is C33H32F4N2O2. The predicted molar refractivity (Wildman–Crippen MR) is 155 cm³/mol. The van der Waals surface area contributed by atoms with Gasteiger partial charge in [-0.2, -0.15) is 13.2 Å². The molecule has 214 valence electrons. The second-order valence-electron chi connectivity index (χ2n) is 9.55. The molecule has 0 fully saturated rings. The number of methoxy groups -OCH3 is 2. The monoisotopic (exact) mass is 564 g/mol. The van der Waals surface area contributed by atoms with Crippen LogP contribution in [0.15, 0.2) is 109 Å². The number of hydrogen-bond donors (Lipinski definition) is 1. The minimum absolute atomic E-state index is 0.193. The molecule has 4 aromatic rings. The van der Waals surface area contributed by atoms with Crippen LogP contribution in [0, 0.1) is 5.82 Å². The molecule has 0 bridgehead atoms. The third-order valence-electron chi connectivity index (χ3n) is 6.86. The zero-order chi connectivity index (χ0) is 29.4. The van der Waals surface area contributed by atoms with Crippen LogP contribution in [-0.2, 0) is 12.6 Å². The predicted octanol–water partition coefficient (Wildman–Crippen LogP) is 8.32. The van der Waals surface area contributed by atoms with Crippen molar-refractivity contribution in [2.45, 2.75) is 18.5 Å². The number of ether oxygens (including phenoxy) is 2. The van der Waals surface area contributed by atoms with Crippen LogP contribution in [0.3, 0.4) is 0 Å². The van der Waals surface area contributed by atoms with Crippen LogP contribution < -0.4 is 19.7 Å². The summed E-state index contributed by atoms with van der Waals surface area (Å²) in [5.41, 5.74) is 3.40. The highest BCUT2D eigenvalue weighted by Crippen LogP contribution is 2.34. The van der Waals surface area contributed by atoms with E-state index in [1.54, 1.807) is 26.4 Å². The number of benzene rings is 4. The molecule has 0 heterocycles. The molecule has 41 heavy (non-hydrogen) atoms. The summed E-state index contributed by atoms with van der Waals surface area (Å²) in [6.07, 6.45) is -3.88. The number of hydrogen-bond acceptors (Lipinski definition) is 4. The van der Waals surface area contributed by atoms with Crippen LogP contribution in [0.4, 0.5) is 28.9 Å². The van der Waals surface area contributed by atoms with Gasteiger partial charge in [-0.3, -0.25) is 0 Å². The summed E-state index contributed by atoms with van der Waals surface area (Å²) in [5, 5.41) is 3.32. The number of anilines is 2. The highest BCUT2D eigenvalue weighted by molar-refractivity contribution is 5.58. The van der Waals surface area contributed by atoms with E-state index in [4.69, 9.17) is 9.47 Å². The van der Waals surface area contributed by atoms with E-state index in [2.05, 4.69) is 16.8 Å². The fourth-order valence-corrected chi connectivity index (χ4v) is 4.60. The highest BCUT2D eigenvalue weighted by atomic mass is 19.4. The summed E-state index contributed by atoms with van der Waals surface area (Å²) in [6.45, 7) is 5.33. The first-order valence-electron chi connectivity index (χ1n) is 13.1. The van der Waals surface area contributed by atoms with Gasteiger partial charge in [0.05, 0.1) is 19.8 Å². The first-order valence-corrected chi connectivity index (χ1v) is 13.1. The summed E-state index contributed by atoms with van der Waals surface area (Å²) in [5.74, 6) is 0.621. The minimum Gasteiger partial charge on any atom is -0.493 e. The molecule has 4 nitrogen and oxygen atoms in total. The third-order valence-corrected chi connectivity index (χ3v) is 6.86. The number of alkyl halides is 3. The molecule has 0 saturated heterocycles. The first-order chi connectivity index (χ1) is 19.7. The van der Waals surface area contributed by atoms with Crippen molar-refractivity contribution in [1.29, 1.82) is 0 Å². The number of rotatable bonds is 12. The van der Waals surface area contributed by atoms with Crippen molar-refractivity contribution in [3.63, 3.8) is 0 Å². The zero-order valence-corrected chi connectivity index (χ0v) is 22.9. The first kappa shape index (κ1) is 29.5. The SMILES string of the molecule is C=C(Nc1ccc(F)cc1)C(CN(CCc1ccc(C(F)(F)F)cc1)c1ccc(OC)c(OC)c1)c1ccccc1. The van der Waals surface area contributed by atoms with Crippen molar-refractivity contribution in [2.24, 2.45) is 0 Å². The Morgan fingerprint density at radius 2 is 1.51 bits per heavy atom. The molecule has 0 spiro atoms. The van der Waals surface area contributed by atoms with Crippen LogP contribution in [0.2, 0.25) is 0 Å². The Morgan fingerprint density at radius 1 is 0.854 bits per heavy atom. The molecule has 4 rings (SSSR count). The zero-order valence-electron chi connectivity index (χ0n) is 22.9. The van der Waals surface area contributed by atoms with Gasteiger partial charge in [0, 0.05) is 42.1 Å². The van der Waals surface area contributed by atoms with Gasteiger partial charge < -0.3 is 19.7 Å². The van der Waals surface area contributed by atoms with E-state index in [-0.39, 0.29) is 11.7 Å². The van der Waals surface area contributed by atoms with E-state index in [1.807, 2.05) is 48.5 Å². The average molecular weight is 565 g/mol. The molecular weight excluding hydrogens is 532 g/mol. The van der Waals surface area contributed by atoms with Crippen molar-refractivity contribution in [3.05, 3.63) is 132 Å². The van der Waals surface area contributed by atoms with E-state index >= 15 is 0 Å². The van der Waals surface area contributed by atoms with Gasteiger partial charge in [-0.05, 0) is 66.1 Å². The molecule has 0 radical (unpaired) electrons. The molecule has 0 aromatic heterocycles. The lowest BCUT2D eigenvalue weighted by atomic mass is 9.94. The van der Waals surface area contributed by atoms with Crippen LogP contribution in [0.5, 0.6) is 11.5 Å². The Morgan fingerprint density at radius 3 is 2.12 bits per heavy atom. The Labute approximate surface area is 237 Å². The smallest absolute Gasteiger partial charge is 0.416 e. The van der Waals surface area contributed by atoms with Gasteiger partial charge in [0.1, 0.15) is 5.82 Å². The molecule has 0 amide bonds. The van der Waals surface area contributed by atoms with Crippen LogP contribution >= 0.6 is 0 Å². The van der Waals surface area contributed by atoms with Crippen molar-refractivity contribution >= 4 is 11.4 Å². The Balaban J connectivity index is 1.65. The Bertz CT molecular complexity index is 1420. The molecule has 8 heteroatoms. The lowest BCUT2D eigenvalue weighted by Gasteiger charge is -2.32. The normalized spacial score (nSPS) is 12.0. The van der Waals surface area contributed by atoms with Crippen LogP contribution in [0.25, 0.3) is 0 Å². The van der Waals surface area contributed by atoms with Crippen LogP contribution in [-0.4, -0.2) is 27.3 Å². The van der Waals surface area contributed by atoms with Crippen LogP contribution in [0.1, 0.15) is 22.6 Å². The standard InChI is InChI=1S/C33H32F4N2O2/c1-23(38-28-15-13-27(34)14-16-28)30(25-7-5-4-6-8-25)22-39(29-17-18-31(40-2)32(21-29)41-3)20-19-24-9-11-26(12-10-24)33(35,36)37/h4-18,21,30,38H,1,19-20,22H2,2-3H3. The third kappa shape index (κ3) is 7.81. The minimum atomic E-state index is -4.38. The Kier molecular flexibility index (Phi) is 9.55. The number of halogens is 4. The van der Waals surface area contributed by atoms with Gasteiger partial charge in [-0.25, -0.2) is 4.39 Å². The molecule has 0 aliphatic rings. The molecule has 0 aliphatic carbocycles. The summed E-state index contributed by atoms with van der Waals surface area (Å²) in [7, 11) is 3.13. The molecule has 1 N–H and O–H groups in total.